The molecular weight excluding hydrogens is 239 g/mol. The van der Waals surface area contributed by atoms with Gasteiger partial charge in [0, 0.05) is 4.47 Å². The molecule has 0 amide bonds. The van der Waals surface area contributed by atoms with Crippen LogP contribution in [0.25, 0.3) is 0 Å². The van der Waals surface area contributed by atoms with E-state index in [1.165, 1.54) is 0 Å². The Balaban J connectivity index is 3.07. The molecule has 0 fully saturated rings. The van der Waals surface area contributed by atoms with Crippen molar-refractivity contribution < 1.29 is 5.11 Å². The minimum atomic E-state index is -0.566. The molecule has 66 valence electrons. The van der Waals surface area contributed by atoms with Crippen LogP contribution in [0.5, 0.6) is 0 Å². The van der Waals surface area contributed by atoms with Crippen molar-refractivity contribution in [1.82, 2.24) is 0 Å². The van der Waals surface area contributed by atoms with E-state index in [1.54, 1.807) is 0 Å². The average Bonchev–Trinajstić information content (AvgIpc) is 2.08. The summed E-state index contributed by atoms with van der Waals surface area (Å²) in [7, 11) is 0. The summed E-state index contributed by atoms with van der Waals surface area (Å²) in [4.78, 5) is 0. The standard InChI is InChI=1S/C9H10BrClO/c1-6-7(9(12)5-11)3-2-4-8(6)10/h2-4,9,12H,5H2,1H3. The summed E-state index contributed by atoms with van der Waals surface area (Å²) >= 11 is 8.93. The third-order valence-corrected chi connectivity index (χ3v) is 2.97. The Morgan fingerprint density at radius 1 is 1.58 bits per heavy atom. The molecule has 0 bridgehead atoms. The maximum Gasteiger partial charge on any atom is 0.0928 e. The fourth-order valence-electron chi connectivity index (χ4n) is 1.07. The number of benzene rings is 1. The third-order valence-electron chi connectivity index (χ3n) is 1.81. The number of aliphatic hydroxyl groups excluding tert-OH is 1. The van der Waals surface area contributed by atoms with Crippen LogP contribution in [0.4, 0.5) is 0 Å². The fourth-order valence-corrected chi connectivity index (χ4v) is 1.62. The third kappa shape index (κ3) is 2.00. The number of halogens is 2. The first-order chi connectivity index (χ1) is 5.66. The van der Waals surface area contributed by atoms with Crippen molar-refractivity contribution in [3.63, 3.8) is 0 Å². The quantitative estimate of drug-likeness (QED) is 0.799. The molecule has 1 aromatic rings. The monoisotopic (exact) mass is 248 g/mol. The molecule has 0 aliphatic heterocycles. The number of hydrogen-bond donors (Lipinski definition) is 1. The molecule has 0 saturated heterocycles. The SMILES string of the molecule is Cc1c(Br)cccc1C(O)CCl. The van der Waals surface area contributed by atoms with Crippen LogP contribution in [0.3, 0.4) is 0 Å². The van der Waals surface area contributed by atoms with Crippen LogP contribution in [0, 0.1) is 6.92 Å². The molecule has 1 nitrogen and oxygen atoms in total. The molecular formula is C9H10BrClO. The Kier molecular flexibility index (Phi) is 3.56. The zero-order chi connectivity index (χ0) is 9.14. The van der Waals surface area contributed by atoms with Crippen molar-refractivity contribution in [3.8, 4) is 0 Å². The van der Waals surface area contributed by atoms with Gasteiger partial charge in [-0.15, -0.1) is 11.6 Å². The van der Waals surface area contributed by atoms with E-state index in [0.29, 0.717) is 0 Å². The number of rotatable bonds is 2. The Morgan fingerprint density at radius 3 is 2.83 bits per heavy atom. The molecule has 0 aromatic heterocycles. The first kappa shape index (κ1) is 10.0. The van der Waals surface area contributed by atoms with Crippen LogP contribution < -0.4 is 0 Å². The van der Waals surface area contributed by atoms with E-state index in [9.17, 15) is 5.11 Å². The highest BCUT2D eigenvalue weighted by Gasteiger charge is 2.09. The molecule has 0 spiro atoms. The molecule has 3 heteroatoms. The van der Waals surface area contributed by atoms with Crippen molar-refractivity contribution in [2.24, 2.45) is 0 Å². The molecule has 0 heterocycles. The molecule has 0 saturated carbocycles. The van der Waals surface area contributed by atoms with Gasteiger partial charge in [-0.1, -0.05) is 28.1 Å². The van der Waals surface area contributed by atoms with E-state index in [4.69, 9.17) is 11.6 Å². The van der Waals surface area contributed by atoms with Crippen molar-refractivity contribution in [2.75, 3.05) is 5.88 Å². The van der Waals surface area contributed by atoms with Crippen LogP contribution in [-0.2, 0) is 0 Å². The Morgan fingerprint density at radius 2 is 2.25 bits per heavy atom. The molecule has 1 unspecified atom stereocenters. The van der Waals surface area contributed by atoms with E-state index < -0.39 is 6.10 Å². The summed E-state index contributed by atoms with van der Waals surface area (Å²) in [6.07, 6.45) is -0.566. The zero-order valence-corrected chi connectivity index (χ0v) is 9.06. The van der Waals surface area contributed by atoms with Crippen LogP contribution in [0.2, 0.25) is 0 Å². The van der Waals surface area contributed by atoms with Crippen LogP contribution in [0.1, 0.15) is 17.2 Å². The fraction of sp³-hybridized carbons (Fsp3) is 0.333. The number of alkyl halides is 1. The molecule has 12 heavy (non-hydrogen) atoms. The summed E-state index contributed by atoms with van der Waals surface area (Å²) in [5.74, 6) is 0.233. The Hall–Kier alpha value is -0.0500. The molecule has 1 N–H and O–H groups in total. The smallest absolute Gasteiger partial charge is 0.0928 e. The first-order valence-corrected chi connectivity index (χ1v) is 4.98. The lowest BCUT2D eigenvalue weighted by Gasteiger charge is -2.11. The lowest BCUT2D eigenvalue weighted by molar-refractivity contribution is 0.202. The van der Waals surface area contributed by atoms with Gasteiger partial charge in [0.25, 0.3) is 0 Å². The van der Waals surface area contributed by atoms with E-state index >= 15 is 0 Å². The molecule has 1 rings (SSSR count). The largest absolute Gasteiger partial charge is 0.387 e. The average molecular weight is 250 g/mol. The first-order valence-electron chi connectivity index (χ1n) is 3.66. The predicted octanol–water partition coefficient (Wildman–Crippen LogP) is 3.03. The van der Waals surface area contributed by atoms with Crippen molar-refractivity contribution in [2.45, 2.75) is 13.0 Å². The second-order valence-electron chi connectivity index (χ2n) is 2.62. The van der Waals surface area contributed by atoms with E-state index in [0.717, 1.165) is 15.6 Å². The van der Waals surface area contributed by atoms with Gasteiger partial charge >= 0.3 is 0 Å². The highest BCUT2D eigenvalue weighted by Crippen LogP contribution is 2.24. The summed E-state index contributed by atoms with van der Waals surface area (Å²) in [6, 6.07) is 5.72. The van der Waals surface area contributed by atoms with Crippen molar-refractivity contribution in [1.29, 1.82) is 0 Å². The topological polar surface area (TPSA) is 20.2 Å². The lowest BCUT2D eigenvalue weighted by Crippen LogP contribution is -2.01. The van der Waals surface area contributed by atoms with Crippen LogP contribution in [0.15, 0.2) is 22.7 Å². The normalized spacial score (nSPS) is 13.0. The predicted molar refractivity (Wildman–Crippen MR) is 54.6 cm³/mol. The zero-order valence-electron chi connectivity index (χ0n) is 6.72. The van der Waals surface area contributed by atoms with Gasteiger partial charge in [0.15, 0.2) is 0 Å². The maximum atomic E-state index is 9.48. The van der Waals surface area contributed by atoms with Crippen molar-refractivity contribution in [3.05, 3.63) is 33.8 Å². The van der Waals surface area contributed by atoms with E-state index in [1.807, 2.05) is 25.1 Å². The van der Waals surface area contributed by atoms with E-state index in [-0.39, 0.29) is 5.88 Å². The summed E-state index contributed by atoms with van der Waals surface area (Å²) in [5, 5.41) is 9.48. The molecule has 0 radical (unpaired) electrons. The van der Waals surface area contributed by atoms with Crippen molar-refractivity contribution >= 4 is 27.5 Å². The minimum Gasteiger partial charge on any atom is -0.387 e. The van der Waals surface area contributed by atoms with Gasteiger partial charge in [-0.3, -0.25) is 0 Å². The Bertz CT molecular complexity index is 275. The van der Waals surface area contributed by atoms with Gasteiger partial charge in [0.1, 0.15) is 0 Å². The van der Waals surface area contributed by atoms with Gasteiger partial charge in [-0.2, -0.15) is 0 Å². The second kappa shape index (κ2) is 4.26. The van der Waals surface area contributed by atoms with Gasteiger partial charge in [0.2, 0.25) is 0 Å². The highest BCUT2D eigenvalue weighted by molar-refractivity contribution is 9.10. The second-order valence-corrected chi connectivity index (χ2v) is 3.79. The molecule has 0 aliphatic rings. The van der Waals surface area contributed by atoms with E-state index in [2.05, 4.69) is 15.9 Å². The van der Waals surface area contributed by atoms with Gasteiger partial charge in [0.05, 0.1) is 12.0 Å². The number of aliphatic hydroxyl groups is 1. The molecule has 1 aromatic carbocycles. The van der Waals surface area contributed by atoms with Gasteiger partial charge in [-0.25, -0.2) is 0 Å². The van der Waals surface area contributed by atoms with Gasteiger partial charge in [-0.05, 0) is 24.1 Å². The summed E-state index contributed by atoms with van der Waals surface area (Å²) < 4.78 is 1.00. The minimum absolute atomic E-state index is 0.233. The summed E-state index contributed by atoms with van der Waals surface area (Å²) in [5.41, 5.74) is 1.94. The Labute approximate surface area is 85.5 Å². The number of hydrogen-bond acceptors (Lipinski definition) is 1. The van der Waals surface area contributed by atoms with Gasteiger partial charge < -0.3 is 5.11 Å². The van der Waals surface area contributed by atoms with Crippen LogP contribution in [-0.4, -0.2) is 11.0 Å². The summed E-state index contributed by atoms with van der Waals surface area (Å²) in [6.45, 7) is 1.95. The lowest BCUT2D eigenvalue weighted by atomic mass is 10.1. The van der Waals surface area contributed by atoms with Crippen LogP contribution >= 0.6 is 27.5 Å². The molecule has 0 aliphatic carbocycles. The molecule has 1 atom stereocenters. The maximum absolute atomic E-state index is 9.48. The highest BCUT2D eigenvalue weighted by atomic mass is 79.9.